The second kappa shape index (κ2) is 12.6. The van der Waals surface area contributed by atoms with Crippen LogP contribution in [0.25, 0.3) is 0 Å². The van der Waals surface area contributed by atoms with Crippen molar-refractivity contribution in [1.29, 1.82) is 0 Å². The van der Waals surface area contributed by atoms with Crippen LogP contribution in [0.4, 0.5) is 11.4 Å². The number of rotatable bonds is 9. The lowest BCUT2D eigenvalue weighted by Gasteiger charge is -2.25. The Morgan fingerprint density at radius 2 is 1.83 bits per heavy atom. The van der Waals surface area contributed by atoms with E-state index < -0.39 is 0 Å². The lowest BCUT2D eigenvalue weighted by atomic mass is 9.91. The molecule has 0 bridgehead atoms. The summed E-state index contributed by atoms with van der Waals surface area (Å²) in [5, 5.41) is 0.489. The van der Waals surface area contributed by atoms with Gasteiger partial charge in [-0.3, -0.25) is 9.59 Å². The van der Waals surface area contributed by atoms with Gasteiger partial charge in [-0.1, -0.05) is 49.6 Å². The average molecular weight is 511 g/mol. The predicted octanol–water partition coefficient (Wildman–Crippen LogP) is 7.37. The second-order valence-corrected chi connectivity index (χ2v) is 10.6. The molecule has 0 unspecified atom stereocenters. The van der Waals surface area contributed by atoms with E-state index in [1.807, 2.05) is 54.3 Å². The van der Waals surface area contributed by atoms with E-state index in [-0.39, 0.29) is 23.9 Å². The van der Waals surface area contributed by atoms with Gasteiger partial charge in [0.25, 0.3) is 5.91 Å². The van der Waals surface area contributed by atoms with E-state index in [1.54, 1.807) is 0 Å². The summed E-state index contributed by atoms with van der Waals surface area (Å²) in [6.45, 7) is 6.81. The molecule has 1 amide bonds. The number of amides is 1. The van der Waals surface area contributed by atoms with E-state index in [1.165, 1.54) is 12.8 Å². The summed E-state index contributed by atoms with van der Waals surface area (Å²) in [4.78, 5) is 30.6. The van der Waals surface area contributed by atoms with E-state index in [0.717, 1.165) is 68.6 Å². The minimum absolute atomic E-state index is 0.0300. The Hall–Kier alpha value is -2.53. The number of para-hydroxylation sites is 1. The van der Waals surface area contributed by atoms with Gasteiger partial charge in [-0.25, -0.2) is 0 Å². The van der Waals surface area contributed by atoms with Gasteiger partial charge >= 0.3 is 5.97 Å². The summed E-state index contributed by atoms with van der Waals surface area (Å²) in [7, 11) is 0. The predicted molar refractivity (Wildman–Crippen MR) is 147 cm³/mol. The van der Waals surface area contributed by atoms with Crippen molar-refractivity contribution >= 4 is 34.9 Å². The standard InChI is InChI=1S/C30H39ClN2O3/c1-3-4-5-11-22(2)36-29(34)20-23-12-10-19-33(28-14-7-6-13-25(23)28)30(35)26-16-15-24(21-27(26)31)32-17-8-9-18-32/h6-7,13-16,21-23H,3-5,8-12,17-20H2,1-2H3/t22-,23-/m0/s1. The van der Waals surface area contributed by atoms with Gasteiger partial charge in [-0.15, -0.1) is 0 Å². The Bertz CT molecular complexity index is 1050. The fourth-order valence-electron chi connectivity index (χ4n) is 5.48. The molecule has 0 N–H and O–H groups in total. The third-order valence-electron chi connectivity index (χ3n) is 7.46. The van der Waals surface area contributed by atoms with Crippen LogP contribution in [0, 0.1) is 0 Å². The first-order valence-corrected chi connectivity index (χ1v) is 14.0. The lowest BCUT2D eigenvalue weighted by molar-refractivity contribution is -0.149. The first-order valence-electron chi connectivity index (χ1n) is 13.6. The molecule has 1 fully saturated rings. The Morgan fingerprint density at radius 3 is 2.58 bits per heavy atom. The maximum Gasteiger partial charge on any atom is 0.306 e. The summed E-state index contributed by atoms with van der Waals surface area (Å²) in [5.41, 5.74) is 3.50. The van der Waals surface area contributed by atoms with Crippen LogP contribution < -0.4 is 9.80 Å². The lowest BCUT2D eigenvalue weighted by Crippen LogP contribution is -2.32. The van der Waals surface area contributed by atoms with Crippen LogP contribution in [-0.4, -0.2) is 37.6 Å². The van der Waals surface area contributed by atoms with Crippen LogP contribution in [0.15, 0.2) is 42.5 Å². The first kappa shape index (κ1) is 26.5. The van der Waals surface area contributed by atoms with Gasteiger partial charge in [0.2, 0.25) is 0 Å². The molecule has 0 spiro atoms. The molecule has 194 valence electrons. The maximum absolute atomic E-state index is 13.7. The number of nitrogens with zero attached hydrogens (tertiary/aromatic N) is 2. The Labute approximate surface area is 220 Å². The molecule has 4 rings (SSSR count). The Balaban J connectivity index is 1.49. The van der Waals surface area contributed by atoms with Crippen LogP contribution in [0.1, 0.15) is 93.5 Å². The molecule has 2 aromatic carbocycles. The molecule has 2 aliphatic heterocycles. The van der Waals surface area contributed by atoms with E-state index in [9.17, 15) is 9.59 Å². The van der Waals surface area contributed by atoms with Crippen LogP contribution in [-0.2, 0) is 9.53 Å². The number of unbranched alkanes of at least 4 members (excludes halogenated alkanes) is 2. The zero-order valence-corrected chi connectivity index (χ0v) is 22.4. The van der Waals surface area contributed by atoms with Crippen molar-refractivity contribution in [1.82, 2.24) is 0 Å². The third-order valence-corrected chi connectivity index (χ3v) is 7.77. The molecule has 36 heavy (non-hydrogen) atoms. The molecule has 0 radical (unpaired) electrons. The van der Waals surface area contributed by atoms with Crippen LogP contribution >= 0.6 is 11.6 Å². The number of esters is 1. The van der Waals surface area contributed by atoms with Crippen molar-refractivity contribution in [3.05, 3.63) is 58.6 Å². The number of halogens is 1. The number of fused-ring (bicyclic) bond motifs is 1. The SMILES string of the molecule is CCCCC[C@H](C)OC(=O)C[C@@H]1CCCN(C(=O)c2ccc(N3CCCC3)cc2Cl)c2ccccc21. The third kappa shape index (κ3) is 6.42. The molecule has 0 aromatic heterocycles. The molecule has 2 atom stereocenters. The van der Waals surface area contributed by atoms with Crippen molar-refractivity contribution < 1.29 is 14.3 Å². The number of hydrogen-bond donors (Lipinski definition) is 0. The highest BCUT2D eigenvalue weighted by molar-refractivity contribution is 6.34. The van der Waals surface area contributed by atoms with Crippen molar-refractivity contribution in [3.8, 4) is 0 Å². The van der Waals surface area contributed by atoms with Crippen molar-refractivity contribution in [2.75, 3.05) is 29.4 Å². The van der Waals surface area contributed by atoms with Gasteiger partial charge in [-0.2, -0.15) is 0 Å². The van der Waals surface area contributed by atoms with Crippen molar-refractivity contribution in [2.45, 2.75) is 83.7 Å². The monoisotopic (exact) mass is 510 g/mol. The largest absolute Gasteiger partial charge is 0.463 e. The van der Waals surface area contributed by atoms with Crippen molar-refractivity contribution in [3.63, 3.8) is 0 Å². The van der Waals surface area contributed by atoms with E-state index in [2.05, 4.69) is 11.8 Å². The summed E-state index contributed by atoms with van der Waals surface area (Å²) < 4.78 is 5.73. The first-order chi connectivity index (χ1) is 17.5. The quantitative estimate of drug-likeness (QED) is 0.261. The number of carbonyl (C=O) groups is 2. The molecule has 0 saturated carbocycles. The number of anilines is 2. The van der Waals surface area contributed by atoms with Gasteiger partial charge in [0.1, 0.15) is 0 Å². The fourth-order valence-corrected chi connectivity index (χ4v) is 5.74. The molecule has 2 heterocycles. The highest BCUT2D eigenvalue weighted by Gasteiger charge is 2.30. The molecule has 6 heteroatoms. The molecule has 5 nitrogen and oxygen atoms in total. The van der Waals surface area contributed by atoms with Gasteiger partial charge < -0.3 is 14.5 Å². The second-order valence-electron chi connectivity index (χ2n) is 10.2. The minimum Gasteiger partial charge on any atom is -0.463 e. The molecule has 2 aliphatic rings. The van der Waals surface area contributed by atoms with E-state index >= 15 is 0 Å². The normalized spacial score (nSPS) is 18.5. The highest BCUT2D eigenvalue weighted by Crippen LogP contribution is 2.38. The maximum atomic E-state index is 13.7. The van der Waals surface area contributed by atoms with Gasteiger partial charge in [-0.05, 0) is 81.2 Å². The van der Waals surface area contributed by atoms with Gasteiger partial charge in [0.15, 0.2) is 0 Å². The number of hydrogen-bond acceptors (Lipinski definition) is 4. The zero-order chi connectivity index (χ0) is 25.5. The summed E-state index contributed by atoms with van der Waals surface area (Å²) in [5.74, 6) is -0.213. The van der Waals surface area contributed by atoms with Gasteiger partial charge in [0.05, 0.1) is 23.1 Å². The van der Waals surface area contributed by atoms with E-state index in [0.29, 0.717) is 23.6 Å². The number of ether oxygens (including phenoxy) is 1. The molecule has 0 aliphatic carbocycles. The fraction of sp³-hybridized carbons (Fsp3) is 0.533. The minimum atomic E-state index is -0.154. The Morgan fingerprint density at radius 1 is 1.06 bits per heavy atom. The summed E-state index contributed by atoms with van der Waals surface area (Å²) in [6, 6.07) is 13.8. The topological polar surface area (TPSA) is 49.9 Å². The average Bonchev–Trinajstić information content (AvgIpc) is 3.35. The molecule has 1 saturated heterocycles. The molecular weight excluding hydrogens is 472 g/mol. The summed E-state index contributed by atoms with van der Waals surface area (Å²) >= 11 is 6.65. The molecule has 2 aromatic rings. The van der Waals surface area contributed by atoms with E-state index in [4.69, 9.17) is 16.3 Å². The zero-order valence-electron chi connectivity index (χ0n) is 21.7. The van der Waals surface area contributed by atoms with Crippen molar-refractivity contribution in [2.24, 2.45) is 0 Å². The number of benzene rings is 2. The smallest absolute Gasteiger partial charge is 0.306 e. The molecular formula is C30H39ClN2O3. The van der Waals surface area contributed by atoms with Gasteiger partial charge in [0, 0.05) is 31.0 Å². The van der Waals surface area contributed by atoms with Crippen LogP contribution in [0.2, 0.25) is 5.02 Å². The number of carbonyl (C=O) groups excluding carboxylic acids is 2. The van der Waals surface area contributed by atoms with Crippen LogP contribution in [0.3, 0.4) is 0 Å². The summed E-state index contributed by atoms with van der Waals surface area (Å²) in [6.07, 6.45) is 8.60. The van der Waals surface area contributed by atoms with Crippen LogP contribution in [0.5, 0.6) is 0 Å². The Kier molecular flexibility index (Phi) is 9.30. The highest BCUT2D eigenvalue weighted by atomic mass is 35.5.